The Morgan fingerprint density at radius 2 is 1.89 bits per heavy atom. The Bertz CT molecular complexity index is 345. The molecule has 4 heteroatoms. The number of piperidine rings is 1. The summed E-state index contributed by atoms with van der Waals surface area (Å²) in [6, 6.07) is 0.170. The number of amides is 1. The summed E-state index contributed by atoms with van der Waals surface area (Å²) < 4.78 is 5.44. The highest BCUT2D eigenvalue weighted by molar-refractivity contribution is 5.69. The normalized spacial score (nSPS) is 35.4. The molecule has 2 bridgehead atoms. The number of aliphatic hydroxyl groups is 1. The van der Waals surface area contributed by atoms with Crippen molar-refractivity contribution in [2.75, 3.05) is 0 Å². The first kappa shape index (κ1) is 13.4. The molecule has 0 aromatic heterocycles. The number of rotatable bonds is 1. The van der Waals surface area contributed by atoms with E-state index in [9.17, 15) is 9.90 Å². The predicted octanol–water partition coefficient (Wildman–Crippen LogP) is 2.47. The summed E-state index contributed by atoms with van der Waals surface area (Å²) in [5.74, 6) is 0. The molecule has 1 amide bonds. The summed E-state index contributed by atoms with van der Waals surface area (Å²) >= 11 is 0. The smallest absolute Gasteiger partial charge is 0.410 e. The van der Waals surface area contributed by atoms with Gasteiger partial charge in [-0.05, 0) is 33.6 Å². The quantitative estimate of drug-likeness (QED) is 0.730. The van der Waals surface area contributed by atoms with Crippen molar-refractivity contribution in [2.45, 2.75) is 69.7 Å². The second-order valence-corrected chi connectivity index (χ2v) is 6.49. The minimum absolute atomic E-state index is 0.0848. The van der Waals surface area contributed by atoms with Crippen LogP contribution in [0.3, 0.4) is 0 Å². The largest absolute Gasteiger partial charge is 0.444 e. The van der Waals surface area contributed by atoms with Crippen molar-refractivity contribution in [3.8, 4) is 0 Å². The highest BCUT2D eigenvalue weighted by Crippen LogP contribution is 2.41. The lowest BCUT2D eigenvalue weighted by Crippen LogP contribution is -2.53. The molecule has 102 valence electrons. The van der Waals surface area contributed by atoms with Crippen molar-refractivity contribution in [3.05, 3.63) is 12.7 Å². The summed E-state index contributed by atoms with van der Waals surface area (Å²) in [7, 11) is 0. The van der Waals surface area contributed by atoms with Crippen molar-refractivity contribution >= 4 is 6.09 Å². The molecule has 0 aliphatic carbocycles. The van der Waals surface area contributed by atoms with E-state index >= 15 is 0 Å². The van der Waals surface area contributed by atoms with Crippen LogP contribution in [0.5, 0.6) is 0 Å². The van der Waals surface area contributed by atoms with E-state index in [1.165, 1.54) is 0 Å². The molecule has 2 aliphatic heterocycles. The van der Waals surface area contributed by atoms with Crippen LogP contribution in [0.25, 0.3) is 0 Å². The Morgan fingerprint density at radius 1 is 1.39 bits per heavy atom. The zero-order valence-corrected chi connectivity index (χ0v) is 11.5. The molecule has 0 aromatic carbocycles. The third kappa shape index (κ3) is 2.53. The van der Waals surface area contributed by atoms with Crippen LogP contribution in [-0.2, 0) is 4.74 Å². The second kappa shape index (κ2) is 4.26. The number of carbonyl (C=O) groups is 1. The summed E-state index contributed by atoms with van der Waals surface area (Å²) in [6.07, 6.45) is 4.41. The molecule has 1 N–H and O–H groups in total. The zero-order valence-electron chi connectivity index (χ0n) is 11.5. The van der Waals surface area contributed by atoms with Gasteiger partial charge in [0.1, 0.15) is 5.60 Å². The third-order valence-corrected chi connectivity index (χ3v) is 3.78. The van der Waals surface area contributed by atoms with Gasteiger partial charge in [-0.25, -0.2) is 4.79 Å². The molecule has 1 unspecified atom stereocenters. The molecule has 0 spiro atoms. The Labute approximate surface area is 109 Å². The lowest BCUT2D eigenvalue weighted by atomic mass is 9.86. The van der Waals surface area contributed by atoms with Crippen molar-refractivity contribution in [2.24, 2.45) is 0 Å². The van der Waals surface area contributed by atoms with Gasteiger partial charge in [0.2, 0.25) is 0 Å². The maximum Gasteiger partial charge on any atom is 0.410 e. The molecule has 2 rings (SSSR count). The molecule has 2 fully saturated rings. The number of fused-ring (bicyclic) bond motifs is 2. The Morgan fingerprint density at radius 3 is 2.28 bits per heavy atom. The van der Waals surface area contributed by atoms with Crippen LogP contribution in [-0.4, -0.2) is 39.4 Å². The maximum absolute atomic E-state index is 12.2. The van der Waals surface area contributed by atoms with Gasteiger partial charge < -0.3 is 14.7 Å². The molecule has 2 saturated heterocycles. The topological polar surface area (TPSA) is 49.8 Å². The van der Waals surface area contributed by atoms with Gasteiger partial charge in [-0.3, -0.25) is 0 Å². The van der Waals surface area contributed by atoms with E-state index in [4.69, 9.17) is 4.74 Å². The average Bonchev–Trinajstić information content (AvgIpc) is 2.50. The van der Waals surface area contributed by atoms with Gasteiger partial charge in [-0.15, -0.1) is 6.58 Å². The fraction of sp³-hybridized carbons (Fsp3) is 0.786. The summed E-state index contributed by atoms with van der Waals surface area (Å²) in [5, 5.41) is 10.3. The molecule has 2 aliphatic rings. The number of hydrogen-bond acceptors (Lipinski definition) is 3. The average molecular weight is 253 g/mol. The molecule has 3 atom stereocenters. The van der Waals surface area contributed by atoms with Crippen LogP contribution in [0.2, 0.25) is 0 Å². The molecule has 2 heterocycles. The minimum atomic E-state index is -0.815. The first-order chi connectivity index (χ1) is 8.24. The van der Waals surface area contributed by atoms with Gasteiger partial charge in [-0.2, -0.15) is 0 Å². The summed E-state index contributed by atoms with van der Waals surface area (Å²) in [4.78, 5) is 14.0. The van der Waals surface area contributed by atoms with Crippen LogP contribution < -0.4 is 0 Å². The standard InChI is InChI=1S/C14H23NO3/c1-5-14(17)8-10-6-7-11(9-14)15(10)12(16)18-13(2,3)4/h5,10-11,17H,1,6-9H2,2-4H3/t10-,11+,14?. The van der Waals surface area contributed by atoms with Gasteiger partial charge in [0, 0.05) is 24.9 Å². The van der Waals surface area contributed by atoms with Gasteiger partial charge in [0.25, 0.3) is 0 Å². The van der Waals surface area contributed by atoms with Crippen molar-refractivity contribution in [1.29, 1.82) is 0 Å². The molecule has 0 saturated carbocycles. The Hall–Kier alpha value is -1.03. The summed E-state index contributed by atoms with van der Waals surface area (Å²) in [6.45, 7) is 9.31. The fourth-order valence-electron chi connectivity index (χ4n) is 3.04. The molecule has 0 radical (unpaired) electrons. The lowest BCUT2D eigenvalue weighted by Gasteiger charge is -2.42. The second-order valence-electron chi connectivity index (χ2n) is 6.49. The van der Waals surface area contributed by atoms with E-state index in [1.807, 2.05) is 25.7 Å². The number of nitrogens with zero attached hydrogens (tertiary/aromatic N) is 1. The van der Waals surface area contributed by atoms with E-state index in [1.54, 1.807) is 6.08 Å². The SMILES string of the molecule is C=CC1(O)C[C@H]2CC[C@@H](C1)N2C(=O)OC(C)(C)C. The van der Waals surface area contributed by atoms with E-state index in [-0.39, 0.29) is 18.2 Å². The van der Waals surface area contributed by atoms with Gasteiger partial charge in [-0.1, -0.05) is 6.08 Å². The van der Waals surface area contributed by atoms with Gasteiger partial charge in [0.05, 0.1) is 5.60 Å². The van der Waals surface area contributed by atoms with E-state index in [0.29, 0.717) is 12.8 Å². The van der Waals surface area contributed by atoms with Crippen molar-refractivity contribution in [3.63, 3.8) is 0 Å². The number of hydrogen-bond donors (Lipinski definition) is 1. The van der Waals surface area contributed by atoms with E-state index < -0.39 is 11.2 Å². The first-order valence-electron chi connectivity index (χ1n) is 6.61. The maximum atomic E-state index is 12.2. The first-order valence-corrected chi connectivity index (χ1v) is 6.61. The van der Waals surface area contributed by atoms with Gasteiger partial charge in [0.15, 0.2) is 0 Å². The van der Waals surface area contributed by atoms with E-state index in [0.717, 1.165) is 12.8 Å². The Kier molecular flexibility index (Phi) is 3.18. The van der Waals surface area contributed by atoms with Crippen LogP contribution >= 0.6 is 0 Å². The lowest BCUT2D eigenvalue weighted by molar-refractivity contribution is -0.0347. The highest BCUT2D eigenvalue weighted by atomic mass is 16.6. The van der Waals surface area contributed by atoms with Crippen LogP contribution in [0, 0.1) is 0 Å². The monoisotopic (exact) mass is 253 g/mol. The molecular weight excluding hydrogens is 230 g/mol. The Balaban J connectivity index is 2.09. The van der Waals surface area contributed by atoms with Gasteiger partial charge >= 0.3 is 6.09 Å². The third-order valence-electron chi connectivity index (χ3n) is 3.78. The van der Waals surface area contributed by atoms with Crippen LogP contribution in [0.15, 0.2) is 12.7 Å². The minimum Gasteiger partial charge on any atom is -0.444 e. The fourth-order valence-corrected chi connectivity index (χ4v) is 3.04. The molecular formula is C14H23NO3. The van der Waals surface area contributed by atoms with Crippen molar-refractivity contribution in [1.82, 2.24) is 4.90 Å². The number of carbonyl (C=O) groups excluding carboxylic acids is 1. The zero-order chi connectivity index (χ0) is 13.6. The molecule has 0 aromatic rings. The number of ether oxygens (including phenoxy) is 1. The highest BCUT2D eigenvalue weighted by Gasteiger charge is 2.49. The van der Waals surface area contributed by atoms with Crippen LogP contribution in [0.1, 0.15) is 46.5 Å². The molecule has 4 nitrogen and oxygen atoms in total. The van der Waals surface area contributed by atoms with E-state index in [2.05, 4.69) is 6.58 Å². The molecule has 18 heavy (non-hydrogen) atoms. The van der Waals surface area contributed by atoms with Crippen molar-refractivity contribution < 1.29 is 14.6 Å². The summed E-state index contributed by atoms with van der Waals surface area (Å²) in [5.41, 5.74) is -1.28. The predicted molar refractivity (Wildman–Crippen MR) is 69.3 cm³/mol. The van der Waals surface area contributed by atoms with Crippen LogP contribution in [0.4, 0.5) is 4.79 Å².